The van der Waals surface area contributed by atoms with Crippen LogP contribution < -0.4 is 10.1 Å². The molecule has 0 saturated carbocycles. The smallest absolute Gasteiger partial charge is 0.263 e. The van der Waals surface area contributed by atoms with Crippen molar-refractivity contribution in [1.29, 1.82) is 0 Å². The summed E-state index contributed by atoms with van der Waals surface area (Å²) in [6, 6.07) is 7.37. The van der Waals surface area contributed by atoms with Crippen molar-refractivity contribution in [2.45, 2.75) is 19.9 Å². The number of nitrogens with zero attached hydrogens (tertiary/aromatic N) is 2. The van der Waals surface area contributed by atoms with Crippen molar-refractivity contribution in [3.8, 4) is 5.75 Å². The van der Waals surface area contributed by atoms with Gasteiger partial charge in [-0.1, -0.05) is 0 Å². The normalized spacial score (nSPS) is 10.6. The Balaban J connectivity index is 1.89. The highest BCUT2D eigenvalue weighted by atomic mass is 19.1. The van der Waals surface area contributed by atoms with E-state index in [4.69, 9.17) is 4.74 Å². The molecule has 106 valence electrons. The van der Waals surface area contributed by atoms with Crippen LogP contribution in [0.3, 0.4) is 0 Å². The van der Waals surface area contributed by atoms with Gasteiger partial charge in [-0.3, -0.25) is 4.79 Å². The molecule has 0 saturated heterocycles. The van der Waals surface area contributed by atoms with Gasteiger partial charge in [0.1, 0.15) is 17.4 Å². The van der Waals surface area contributed by atoms with Gasteiger partial charge in [0.15, 0.2) is 6.61 Å². The maximum Gasteiger partial charge on any atom is 0.263 e. The highest BCUT2D eigenvalue weighted by molar-refractivity contribution is 5.91. The second kappa shape index (κ2) is 6.18. The molecule has 1 N–H and O–H groups in total. The molecule has 6 heteroatoms. The van der Waals surface area contributed by atoms with Crippen LogP contribution in [0.2, 0.25) is 0 Å². The van der Waals surface area contributed by atoms with Gasteiger partial charge in [-0.15, -0.1) is 0 Å². The second-order valence-corrected chi connectivity index (χ2v) is 4.55. The first-order valence-electron chi connectivity index (χ1n) is 6.28. The molecule has 20 heavy (non-hydrogen) atoms. The fourth-order valence-corrected chi connectivity index (χ4v) is 1.68. The average molecular weight is 277 g/mol. The number of carbonyl (C=O) groups is 1. The number of hydrogen-bond donors (Lipinski definition) is 1. The Hall–Kier alpha value is -2.37. The maximum absolute atomic E-state index is 12.7. The first kappa shape index (κ1) is 14.0. The lowest BCUT2D eigenvalue weighted by atomic mass is 10.3. The van der Waals surface area contributed by atoms with Gasteiger partial charge in [-0.2, -0.15) is 5.10 Å². The van der Waals surface area contributed by atoms with Crippen molar-refractivity contribution < 1.29 is 13.9 Å². The Morgan fingerprint density at radius 2 is 2.05 bits per heavy atom. The van der Waals surface area contributed by atoms with E-state index in [0.29, 0.717) is 11.6 Å². The lowest BCUT2D eigenvalue weighted by molar-refractivity contribution is -0.118. The quantitative estimate of drug-likeness (QED) is 0.914. The summed E-state index contributed by atoms with van der Waals surface area (Å²) in [6.07, 6.45) is 1.62. The minimum atomic E-state index is -0.345. The van der Waals surface area contributed by atoms with Crippen LogP contribution in [0, 0.1) is 5.82 Å². The van der Waals surface area contributed by atoms with Crippen LogP contribution in [0.15, 0.2) is 36.5 Å². The molecule has 2 aromatic rings. The van der Waals surface area contributed by atoms with Gasteiger partial charge in [-0.05, 0) is 38.1 Å². The molecule has 0 fully saturated rings. The summed E-state index contributed by atoms with van der Waals surface area (Å²) >= 11 is 0. The number of ether oxygens (including phenoxy) is 1. The van der Waals surface area contributed by atoms with Crippen LogP contribution in [0.5, 0.6) is 5.75 Å². The predicted octanol–water partition coefficient (Wildman–Crippen LogP) is 2.62. The van der Waals surface area contributed by atoms with Crippen LogP contribution in [-0.4, -0.2) is 22.3 Å². The molecule has 1 aromatic heterocycles. The number of amides is 1. The monoisotopic (exact) mass is 277 g/mol. The summed E-state index contributed by atoms with van der Waals surface area (Å²) in [5, 5.41) is 6.83. The average Bonchev–Trinajstić information content (AvgIpc) is 2.86. The molecule has 1 amide bonds. The summed E-state index contributed by atoms with van der Waals surface area (Å²) in [5.74, 6) is 0.422. The lowest BCUT2D eigenvalue weighted by Crippen LogP contribution is -2.22. The van der Waals surface area contributed by atoms with Crippen molar-refractivity contribution in [1.82, 2.24) is 9.78 Å². The van der Waals surface area contributed by atoms with Gasteiger partial charge in [-0.25, -0.2) is 9.07 Å². The maximum atomic E-state index is 12.7. The van der Waals surface area contributed by atoms with E-state index in [0.717, 1.165) is 0 Å². The van der Waals surface area contributed by atoms with Crippen LogP contribution in [0.25, 0.3) is 0 Å². The number of nitrogens with one attached hydrogen (secondary N) is 1. The number of carbonyl (C=O) groups excluding carboxylic acids is 1. The highest BCUT2D eigenvalue weighted by Gasteiger charge is 2.09. The Labute approximate surface area is 116 Å². The molecule has 2 rings (SSSR count). The van der Waals surface area contributed by atoms with E-state index in [2.05, 4.69) is 10.4 Å². The Morgan fingerprint density at radius 1 is 1.35 bits per heavy atom. The fourth-order valence-electron chi connectivity index (χ4n) is 1.68. The van der Waals surface area contributed by atoms with Gasteiger partial charge in [0.25, 0.3) is 5.91 Å². The SMILES string of the molecule is CC(C)n1nccc1NC(=O)COc1ccc(F)cc1. The van der Waals surface area contributed by atoms with Crippen LogP contribution in [-0.2, 0) is 4.79 Å². The van der Waals surface area contributed by atoms with Gasteiger partial charge in [0, 0.05) is 12.1 Å². The van der Waals surface area contributed by atoms with E-state index in [1.807, 2.05) is 13.8 Å². The minimum Gasteiger partial charge on any atom is -0.484 e. The van der Waals surface area contributed by atoms with E-state index in [-0.39, 0.29) is 24.4 Å². The molecular weight excluding hydrogens is 261 g/mol. The van der Waals surface area contributed by atoms with Crippen molar-refractivity contribution in [3.05, 3.63) is 42.3 Å². The topological polar surface area (TPSA) is 56.2 Å². The first-order valence-corrected chi connectivity index (χ1v) is 6.28. The van der Waals surface area contributed by atoms with Gasteiger partial charge < -0.3 is 10.1 Å². The molecular formula is C14H16FN3O2. The highest BCUT2D eigenvalue weighted by Crippen LogP contribution is 2.14. The standard InChI is InChI=1S/C14H16FN3O2/c1-10(2)18-13(7-8-16-18)17-14(19)9-20-12-5-3-11(15)4-6-12/h3-8,10H,9H2,1-2H3,(H,17,19). The summed E-state index contributed by atoms with van der Waals surface area (Å²) < 4.78 is 19.7. The third kappa shape index (κ3) is 3.57. The van der Waals surface area contributed by atoms with Crippen LogP contribution in [0.4, 0.5) is 10.2 Å². The third-order valence-electron chi connectivity index (χ3n) is 2.61. The Bertz CT molecular complexity index is 578. The molecule has 1 aromatic carbocycles. The largest absolute Gasteiger partial charge is 0.484 e. The van der Waals surface area contributed by atoms with Gasteiger partial charge in [0.2, 0.25) is 0 Å². The van der Waals surface area contributed by atoms with E-state index in [9.17, 15) is 9.18 Å². The molecule has 1 heterocycles. The first-order chi connectivity index (χ1) is 9.56. The zero-order chi connectivity index (χ0) is 14.5. The van der Waals surface area contributed by atoms with E-state index >= 15 is 0 Å². The van der Waals surface area contributed by atoms with Gasteiger partial charge in [0.05, 0.1) is 6.20 Å². The zero-order valence-electron chi connectivity index (χ0n) is 11.3. The molecule has 0 spiro atoms. The Kier molecular flexibility index (Phi) is 4.34. The summed E-state index contributed by atoms with van der Waals surface area (Å²) in [4.78, 5) is 11.8. The molecule has 5 nitrogen and oxygen atoms in total. The molecule has 0 aliphatic rings. The number of halogens is 1. The molecule has 0 aliphatic carbocycles. The second-order valence-electron chi connectivity index (χ2n) is 4.55. The fraction of sp³-hybridized carbons (Fsp3) is 0.286. The minimum absolute atomic E-state index is 0.144. The van der Waals surface area contributed by atoms with Crippen LogP contribution in [0.1, 0.15) is 19.9 Å². The van der Waals surface area contributed by atoms with E-state index in [1.165, 1.54) is 24.3 Å². The predicted molar refractivity (Wildman–Crippen MR) is 73.1 cm³/mol. The molecule has 0 atom stereocenters. The summed E-state index contributed by atoms with van der Waals surface area (Å²) in [6.45, 7) is 3.80. The number of rotatable bonds is 5. The van der Waals surface area contributed by atoms with Crippen molar-refractivity contribution in [2.75, 3.05) is 11.9 Å². The zero-order valence-corrected chi connectivity index (χ0v) is 11.3. The number of benzene rings is 1. The molecule has 0 radical (unpaired) electrons. The van der Waals surface area contributed by atoms with Gasteiger partial charge >= 0.3 is 0 Å². The number of hydrogen-bond acceptors (Lipinski definition) is 3. The number of anilines is 1. The van der Waals surface area contributed by atoms with Crippen LogP contribution >= 0.6 is 0 Å². The van der Waals surface area contributed by atoms with E-state index < -0.39 is 0 Å². The summed E-state index contributed by atoms with van der Waals surface area (Å²) in [5.41, 5.74) is 0. The lowest BCUT2D eigenvalue weighted by Gasteiger charge is -2.12. The molecule has 0 bridgehead atoms. The summed E-state index contributed by atoms with van der Waals surface area (Å²) in [7, 11) is 0. The number of aromatic nitrogens is 2. The molecule has 0 unspecified atom stereocenters. The van der Waals surface area contributed by atoms with Crippen molar-refractivity contribution in [3.63, 3.8) is 0 Å². The molecule has 0 aliphatic heterocycles. The Morgan fingerprint density at radius 3 is 2.70 bits per heavy atom. The van der Waals surface area contributed by atoms with E-state index in [1.54, 1.807) is 16.9 Å². The van der Waals surface area contributed by atoms with Crippen molar-refractivity contribution in [2.24, 2.45) is 0 Å². The third-order valence-corrected chi connectivity index (χ3v) is 2.61. The van der Waals surface area contributed by atoms with Crippen molar-refractivity contribution >= 4 is 11.7 Å².